The van der Waals surface area contributed by atoms with Gasteiger partial charge in [-0.25, -0.2) is 29.9 Å². The summed E-state index contributed by atoms with van der Waals surface area (Å²) >= 11 is 6.42. The first-order valence-corrected chi connectivity index (χ1v) is 47.9. The number of thiazole rings is 6. The first kappa shape index (κ1) is 114. The molecule has 0 saturated carbocycles. The van der Waals surface area contributed by atoms with Crippen molar-refractivity contribution >= 4 is 134 Å². The van der Waals surface area contributed by atoms with Crippen LogP contribution in [0, 0.1) is 17.9 Å². The molecule has 0 spiro atoms. The molecule has 0 bridgehead atoms. The summed E-state index contributed by atoms with van der Waals surface area (Å²) in [6.45, 7) is 7.09. The molecule has 30 atom stereocenters. The highest BCUT2D eigenvalue weighted by Crippen LogP contribution is 2.36. The summed E-state index contributed by atoms with van der Waals surface area (Å²) in [6, 6.07) is 22.0. The number of nitrogens with one attached hydrogen (secondary N) is 7. The van der Waals surface area contributed by atoms with Gasteiger partial charge in [0.1, 0.15) is 146 Å². The fourth-order valence-electron chi connectivity index (χ4n) is 13.7. The lowest BCUT2D eigenvalue weighted by molar-refractivity contribution is -0.221. The number of benzene rings is 3. The number of aryl methyl sites for hydroxylation is 1. The van der Waals surface area contributed by atoms with Crippen molar-refractivity contribution in [2.75, 3.05) is 71.5 Å². The molecular formula is C85H110N14O37S6. The van der Waals surface area contributed by atoms with Crippen molar-refractivity contribution < 1.29 is 185 Å². The summed E-state index contributed by atoms with van der Waals surface area (Å²) in [5, 5.41) is 253. The Hall–Kier alpha value is -9.54. The van der Waals surface area contributed by atoms with Crippen LogP contribution >= 0.6 is 68.0 Å². The molecule has 31 N–H and O–H groups in total. The molecule has 142 heavy (non-hydrogen) atoms. The zero-order chi connectivity index (χ0) is 104. The van der Waals surface area contributed by atoms with E-state index in [2.05, 4.69) is 71.9 Å². The van der Waals surface area contributed by atoms with Crippen LogP contribution in [0.1, 0.15) is 115 Å². The molecule has 9 aromatic rings. The Morgan fingerprint density at radius 1 is 0.317 bits per heavy atom. The van der Waals surface area contributed by atoms with Crippen LogP contribution < -0.4 is 36.7 Å². The second-order valence-electron chi connectivity index (χ2n) is 33.2. The largest absolute Gasteiger partial charge is 0.394 e. The zero-order valence-electron chi connectivity index (χ0n) is 75.7. The van der Waals surface area contributed by atoms with Gasteiger partial charge in [-0.15, -0.1) is 0 Å². The molecule has 778 valence electrons. The zero-order valence-corrected chi connectivity index (χ0v) is 80.6. The highest BCUT2D eigenvalue weighted by atomic mass is 32.1. The topological polar surface area (TPSA) is 838 Å². The van der Waals surface area contributed by atoms with Gasteiger partial charge in [-0.1, -0.05) is 149 Å². The Kier molecular flexibility index (Phi) is 42.3. The lowest BCUT2D eigenvalue weighted by Crippen LogP contribution is -2.60. The number of aliphatic hydroxyl groups is 24. The van der Waals surface area contributed by atoms with Crippen LogP contribution in [-0.4, -0.2) is 411 Å². The average molecular weight is 2110 g/mol. The van der Waals surface area contributed by atoms with E-state index < -0.39 is 229 Å². The summed E-state index contributed by atoms with van der Waals surface area (Å²) < 4.78 is 31.9. The van der Waals surface area contributed by atoms with E-state index in [4.69, 9.17) is 49.3 Å². The molecule has 51 nitrogen and oxygen atoms in total. The van der Waals surface area contributed by atoms with Crippen molar-refractivity contribution in [3.05, 3.63) is 168 Å². The molecule has 0 amide bonds. The monoisotopic (exact) mass is 2110 g/mol. The molecule has 6 aliphatic heterocycles. The van der Waals surface area contributed by atoms with Gasteiger partial charge in [0, 0.05) is 41.2 Å². The number of nitrogens with zero attached hydrogens (tertiary/aromatic N) is 7. The molecule has 0 aliphatic carbocycles. The number of hydrogen-bond acceptors (Lipinski definition) is 57. The van der Waals surface area contributed by atoms with E-state index in [9.17, 15) is 136 Å². The van der Waals surface area contributed by atoms with E-state index in [1.165, 1.54) is 75.3 Å². The number of aromatic nitrogens is 6. The second kappa shape index (κ2) is 52.5. The summed E-state index contributed by atoms with van der Waals surface area (Å²) in [4.78, 5) is 103. The number of aliphatic hydroxyl groups excluding tert-OH is 24. The van der Waals surface area contributed by atoms with Crippen LogP contribution in [0.4, 0.5) is 30.8 Å². The molecule has 30 unspecified atom stereocenters. The quantitative estimate of drug-likeness (QED) is 0.0121. The molecule has 12 heterocycles. The van der Waals surface area contributed by atoms with E-state index in [0.29, 0.717) is 77.4 Å². The maximum Gasteiger partial charge on any atom is 0.204 e. The third-order valence-electron chi connectivity index (χ3n) is 21.9. The van der Waals surface area contributed by atoms with Crippen molar-refractivity contribution in [2.45, 2.75) is 225 Å². The number of hydrogen-bond donors (Lipinski definition) is 31. The van der Waals surface area contributed by atoms with Crippen molar-refractivity contribution in [1.82, 2.24) is 29.9 Å². The Morgan fingerprint density at radius 2 is 0.528 bits per heavy atom. The van der Waals surface area contributed by atoms with E-state index in [0.717, 1.165) is 73.6 Å². The first-order valence-electron chi connectivity index (χ1n) is 43.0. The van der Waals surface area contributed by atoms with Crippen molar-refractivity contribution in [2.24, 2.45) is 10.7 Å². The third-order valence-corrected chi connectivity index (χ3v) is 27.6. The number of ether oxygens (including phenoxy) is 6. The number of ketones is 6. The predicted molar refractivity (Wildman–Crippen MR) is 501 cm³/mol. The molecule has 15 rings (SSSR count). The van der Waals surface area contributed by atoms with Crippen LogP contribution in [-0.2, 0) is 28.4 Å². The van der Waals surface area contributed by atoms with Crippen molar-refractivity contribution in [3.8, 4) is 5.75 Å². The van der Waals surface area contributed by atoms with Gasteiger partial charge >= 0.3 is 0 Å². The normalized spacial score (nSPS) is 30.5. The summed E-state index contributed by atoms with van der Waals surface area (Å²) in [7, 11) is 0. The Bertz CT molecular complexity index is 5440. The van der Waals surface area contributed by atoms with Gasteiger partial charge < -0.3 is 188 Å². The van der Waals surface area contributed by atoms with Gasteiger partial charge in [0.25, 0.3) is 0 Å². The highest BCUT2D eigenvalue weighted by Gasteiger charge is 2.50. The summed E-state index contributed by atoms with van der Waals surface area (Å²) in [5.74, 6) is -0.663. The number of carbonyl (C=O) groups excluding carboxylic acids is 6. The van der Waals surface area contributed by atoms with Gasteiger partial charge in [-0.2, -0.15) is 5.53 Å². The summed E-state index contributed by atoms with van der Waals surface area (Å²) in [6.07, 6.45) is -30.0. The summed E-state index contributed by atoms with van der Waals surface area (Å²) in [5.41, 5.74) is 8.60. The van der Waals surface area contributed by atoms with Gasteiger partial charge in [0.15, 0.2) is 91.3 Å². The Morgan fingerprint density at radius 3 is 0.746 bits per heavy atom. The van der Waals surface area contributed by atoms with Gasteiger partial charge in [-0.05, 0) is 31.2 Å². The van der Waals surface area contributed by atoms with Crippen molar-refractivity contribution in [3.63, 3.8) is 0 Å². The van der Waals surface area contributed by atoms with Crippen LogP contribution in [0.15, 0.2) is 121 Å². The predicted octanol–water partition coefficient (Wildman–Crippen LogP) is -3.91. The smallest absolute Gasteiger partial charge is 0.204 e. The van der Waals surface area contributed by atoms with Gasteiger partial charge in [0.05, 0.1) is 106 Å². The van der Waals surface area contributed by atoms with E-state index in [-0.39, 0.29) is 39.8 Å². The first-order chi connectivity index (χ1) is 67.4. The average Bonchev–Trinajstić information content (AvgIpc) is 1.47. The molecule has 3 aromatic carbocycles. The minimum absolute atomic E-state index is 0.0585. The molecule has 6 aliphatic rings. The maximum atomic E-state index is 12.5. The van der Waals surface area contributed by atoms with Gasteiger partial charge in [-0.3, -0.25) is 28.8 Å². The van der Waals surface area contributed by atoms with E-state index in [1.54, 1.807) is 57.2 Å². The van der Waals surface area contributed by atoms with Crippen LogP contribution in [0.2, 0.25) is 0 Å². The molecule has 6 saturated heterocycles. The van der Waals surface area contributed by atoms with Crippen LogP contribution in [0.5, 0.6) is 5.75 Å². The maximum absolute atomic E-state index is 12.5. The Balaban J connectivity index is 0.000000176. The molecule has 57 heteroatoms. The number of carbonyl (C=O) groups is 6. The Labute approximate surface area is 829 Å². The van der Waals surface area contributed by atoms with Gasteiger partial charge in [0.2, 0.25) is 17.3 Å². The molecular weight excluding hydrogens is 2000 g/mol. The van der Waals surface area contributed by atoms with Crippen LogP contribution in [0.3, 0.4) is 0 Å². The van der Waals surface area contributed by atoms with Crippen molar-refractivity contribution in [1.29, 1.82) is 5.53 Å². The molecule has 0 radical (unpaired) electrons. The lowest BCUT2D eigenvalue weighted by Gasteiger charge is -2.40. The lowest BCUT2D eigenvalue weighted by atomic mass is 9.90. The number of rotatable bonds is 29. The SMILES string of the molecule is CC(=O)c1cnc(NC2OC(CO)C(O)C(O)C2O)s1.CC(=O)c1cnc(NC2OC(CO)C(O)C(O)C2O)s1.CC(C)(C)C(=O)c1cnc(NC2OC(CO)C(O)C(O)C2O)s1.Cc1ccc(C(=O)c2cnc(NC3OC(CO)C(O)C(O)C3O)s2)cc1.N=NOc1ccc(C(=O)c2cnc(NC3OC(CO)C(O)C(O)C3O)s2)cc1.O=C(c1ccccc1)c1cnc(NC2OC(CO)C(O)C(O)C2O)s1. The second-order valence-corrected chi connectivity index (χ2v) is 39.3. The fraction of sp³-hybridized carbons (Fsp3) is 0.506. The fourth-order valence-corrected chi connectivity index (χ4v) is 18.5. The standard InChI is InChI=1S/C17H20N2O6S.C16H18N4O7S.C16H18N2O6S.C14H22N2O6S.2C11H16N2O6S/c1-8-2-4-9(5-3-8)12(21)11-6-18-17(26-11)19-16-15(24)14(23)13(22)10(7-20)25-16;17-20-27-8-3-1-7(2-4-8)11(22)10-5-18-16(28-10)19-15-14(25)13(24)12(23)9(6-21)26-15;19-7-9-12(21)13(22)14(23)15(24-9)18-16-17-6-10(25-16)11(20)8-4-2-1-3-5-8;1-14(2,3)11(21)7-4-15-13(23-7)16-12-10(20)9(19)8(18)6(5-17)22-12;2*1-4(15)6-2-12-11(20-6)13-10-9(18)8(17)7(16)5(3-14)19-10/h2-6,10,13-16,20,22-24H,7H2,1H3,(H,18,19);1-5,9,12-15,17,21,23-25H,6H2,(H,18,19);1-6,9,12-15,19,21-23H,7H2,(H,17,18);4,6,8-10,12,17-20H,5H2,1-3H3,(H,15,16);2*2,5,7-10,14,16-18H,3H2,1H3,(H,12,13). The highest BCUT2D eigenvalue weighted by molar-refractivity contribution is 7.19. The minimum atomic E-state index is -1.51. The van der Waals surface area contributed by atoms with Crippen LogP contribution in [0.25, 0.3) is 0 Å². The van der Waals surface area contributed by atoms with E-state index >= 15 is 0 Å². The molecule has 6 fully saturated rings. The number of Topliss-reactive ketones (excluding diaryl/α,β-unsaturated/α-hetero) is 3. The molecule has 6 aromatic heterocycles. The van der Waals surface area contributed by atoms with E-state index in [1.807, 2.05) is 25.1 Å². The minimum Gasteiger partial charge on any atom is -0.394 e. The number of anilines is 6. The third kappa shape index (κ3) is 29.2.